The zero-order chi connectivity index (χ0) is 22.0. The molecule has 2 heterocycles. The number of pyridine rings is 1. The molecule has 0 unspecified atom stereocenters. The number of nitrogen functional groups attached to an aromatic ring is 1. The summed E-state index contributed by atoms with van der Waals surface area (Å²) in [5.74, 6) is -0.463. The third-order valence-electron chi connectivity index (χ3n) is 5.56. The maximum atomic E-state index is 13.2. The van der Waals surface area contributed by atoms with Crippen LogP contribution in [0.5, 0.6) is 0 Å². The van der Waals surface area contributed by atoms with Gasteiger partial charge in [0, 0.05) is 32.0 Å². The van der Waals surface area contributed by atoms with Crippen molar-refractivity contribution in [2.24, 2.45) is 7.05 Å². The molecule has 1 aliphatic rings. The summed E-state index contributed by atoms with van der Waals surface area (Å²) in [6, 6.07) is 13.4. The molecule has 1 fully saturated rings. The minimum absolute atomic E-state index is 0.0581. The number of benzene rings is 1. The number of nitrogens with zero attached hydrogens (tertiary/aromatic N) is 4. The highest BCUT2D eigenvalue weighted by Crippen LogP contribution is 2.28. The Kier molecular flexibility index (Phi) is 5.81. The first-order chi connectivity index (χ1) is 15.0. The van der Waals surface area contributed by atoms with Crippen LogP contribution in [0.15, 0.2) is 64.4 Å². The van der Waals surface area contributed by atoms with Crippen LogP contribution >= 0.6 is 0 Å². The summed E-state index contributed by atoms with van der Waals surface area (Å²) in [5.41, 5.74) is 6.74. The lowest BCUT2D eigenvalue weighted by Gasteiger charge is -2.22. The van der Waals surface area contributed by atoms with Crippen molar-refractivity contribution >= 4 is 11.6 Å². The van der Waals surface area contributed by atoms with Gasteiger partial charge in [-0.25, -0.2) is 4.79 Å². The number of aromatic nitrogens is 3. The molecule has 31 heavy (non-hydrogen) atoms. The maximum Gasteiger partial charge on any atom is 0.332 e. The molecule has 2 aromatic heterocycles. The van der Waals surface area contributed by atoms with Gasteiger partial charge in [-0.15, -0.1) is 0 Å². The van der Waals surface area contributed by atoms with Crippen molar-refractivity contribution in [2.75, 3.05) is 12.3 Å². The van der Waals surface area contributed by atoms with Crippen LogP contribution in [0.4, 0.5) is 5.82 Å². The zero-order valence-electron chi connectivity index (χ0n) is 17.4. The fourth-order valence-electron chi connectivity index (χ4n) is 3.71. The minimum Gasteiger partial charge on any atom is -0.384 e. The first-order valence-electron chi connectivity index (χ1n) is 10.2. The van der Waals surface area contributed by atoms with Crippen LogP contribution < -0.4 is 17.0 Å². The van der Waals surface area contributed by atoms with Gasteiger partial charge in [0.2, 0.25) is 0 Å². The molecule has 4 rings (SSSR count). The number of hydrogen-bond donors (Lipinski definition) is 1. The van der Waals surface area contributed by atoms with Gasteiger partial charge in [-0.2, -0.15) is 0 Å². The zero-order valence-corrected chi connectivity index (χ0v) is 17.4. The van der Waals surface area contributed by atoms with Crippen LogP contribution in [-0.4, -0.2) is 37.4 Å². The van der Waals surface area contributed by atoms with Crippen LogP contribution in [0.1, 0.15) is 34.3 Å². The summed E-state index contributed by atoms with van der Waals surface area (Å²) in [7, 11) is 1.37. The van der Waals surface area contributed by atoms with Crippen LogP contribution in [0, 0.1) is 0 Å². The van der Waals surface area contributed by atoms with E-state index in [1.807, 2.05) is 47.4 Å². The van der Waals surface area contributed by atoms with Crippen molar-refractivity contribution in [3.63, 3.8) is 0 Å². The quantitative estimate of drug-likeness (QED) is 0.554. The van der Waals surface area contributed by atoms with Crippen molar-refractivity contribution in [3.05, 3.63) is 92.4 Å². The van der Waals surface area contributed by atoms with Gasteiger partial charge in [0.15, 0.2) is 5.78 Å². The second-order valence-electron chi connectivity index (χ2n) is 7.90. The smallest absolute Gasteiger partial charge is 0.332 e. The molecule has 1 saturated carbocycles. The second kappa shape index (κ2) is 8.69. The van der Waals surface area contributed by atoms with Gasteiger partial charge >= 0.3 is 5.69 Å². The minimum atomic E-state index is -0.658. The maximum absolute atomic E-state index is 13.2. The SMILES string of the molecule is Cn1c(=O)c(C(=O)CN(Cc2cccnc2)C2CC2)c(N)n(Cc2ccccc2)c1=O. The fourth-order valence-corrected chi connectivity index (χ4v) is 3.71. The Balaban J connectivity index is 1.65. The predicted molar refractivity (Wildman–Crippen MR) is 118 cm³/mol. The number of carbonyl (C=O) groups excluding carboxylic acids is 1. The molecule has 0 bridgehead atoms. The van der Waals surface area contributed by atoms with Gasteiger partial charge < -0.3 is 5.73 Å². The molecule has 0 aliphatic heterocycles. The molecule has 160 valence electrons. The van der Waals surface area contributed by atoms with Crippen molar-refractivity contribution in [3.8, 4) is 0 Å². The summed E-state index contributed by atoms with van der Waals surface area (Å²) in [6.45, 7) is 0.804. The van der Waals surface area contributed by atoms with Gasteiger partial charge in [-0.1, -0.05) is 36.4 Å². The Morgan fingerprint density at radius 3 is 2.48 bits per heavy atom. The van der Waals surface area contributed by atoms with Gasteiger partial charge in [0.1, 0.15) is 11.4 Å². The van der Waals surface area contributed by atoms with Crippen LogP contribution in [0.2, 0.25) is 0 Å². The second-order valence-corrected chi connectivity index (χ2v) is 7.90. The molecular weight excluding hydrogens is 394 g/mol. The van der Waals surface area contributed by atoms with E-state index in [0.29, 0.717) is 12.6 Å². The van der Waals surface area contributed by atoms with E-state index in [9.17, 15) is 14.4 Å². The lowest BCUT2D eigenvalue weighted by molar-refractivity contribution is 0.0917. The molecular formula is C23H25N5O3. The van der Waals surface area contributed by atoms with Gasteiger partial charge in [0.25, 0.3) is 5.56 Å². The number of hydrogen-bond acceptors (Lipinski definition) is 6. The van der Waals surface area contributed by atoms with E-state index in [2.05, 4.69) is 4.98 Å². The molecule has 1 aromatic carbocycles. The van der Waals surface area contributed by atoms with Crippen LogP contribution in [0.25, 0.3) is 0 Å². The summed E-state index contributed by atoms with van der Waals surface area (Å²) in [5, 5.41) is 0. The van der Waals surface area contributed by atoms with E-state index in [-0.39, 0.29) is 30.3 Å². The van der Waals surface area contributed by atoms with E-state index < -0.39 is 11.2 Å². The average Bonchev–Trinajstić information content (AvgIpc) is 3.62. The number of anilines is 1. The third kappa shape index (κ3) is 4.49. The Morgan fingerprint density at radius 2 is 1.84 bits per heavy atom. The van der Waals surface area contributed by atoms with Crippen LogP contribution in [-0.2, 0) is 20.1 Å². The first kappa shape index (κ1) is 20.7. The van der Waals surface area contributed by atoms with Crippen molar-refractivity contribution < 1.29 is 4.79 Å². The number of rotatable bonds is 8. The molecule has 0 radical (unpaired) electrons. The average molecular weight is 419 g/mol. The monoisotopic (exact) mass is 419 g/mol. The van der Waals surface area contributed by atoms with E-state index in [0.717, 1.165) is 28.5 Å². The van der Waals surface area contributed by atoms with E-state index in [1.54, 1.807) is 12.4 Å². The largest absolute Gasteiger partial charge is 0.384 e. The molecule has 1 aliphatic carbocycles. The molecule has 0 amide bonds. The Hall–Kier alpha value is -3.52. The van der Waals surface area contributed by atoms with E-state index >= 15 is 0 Å². The van der Waals surface area contributed by atoms with Gasteiger partial charge in [-0.05, 0) is 30.0 Å². The van der Waals surface area contributed by atoms with E-state index in [1.165, 1.54) is 11.6 Å². The standard InChI is InChI=1S/C23H25N5O3/c1-26-22(30)20(21(24)28(23(26)31)14-16-6-3-2-4-7-16)19(29)15-27(18-9-10-18)13-17-8-5-11-25-12-17/h2-8,11-12,18H,9-10,13-15,24H2,1H3. The van der Waals surface area contributed by atoms with Crippen molar-refractivity contribution in [1.29, 1.82) is 0 Å². The Bertz CT molecular complexity index is 1200. The molecule has 8 nitrogen and oxygen atoms in total. The summed E-state index contributed by atoms with van der Waals surface area (Å²) >= 11 is 0. The van der Waals surface area contributed by atoms with Crippen molar-refractivity contribution in [1.82, 2.24) is 19.0 Å². The summed E-state index contributed by atoms with van der Waals surface area (Å²) in [6.07, 6.45) is 5.49. The normalized spacial score (nSPS) is 13.5. The van der Waals surface area contributed by atoms with Gasteiger partial charge in [-0.3, -0.25) is 28.6 Å². The Morgan fingerprint density at radius 1 is 1.13 bits per heavy atom. The number of Topliss-reactive ketones (excluding diaryl/α,β-unsaturated/α-hetero) is 1. The summed E-state index contributed by atoms with van der Waals surface area (Å²) in [4.78, 5) is 44.9. The fraction of sp³-hybridized carbons (Fsp3) is 0.304. The molecule has 0 atom stereocenters. The molecule has 3 aromatic rings. The summed E-state index contributed by atoms with van der Waals surface area (Å²) < 4.78 is 2.24. The highest BCUT2D eigenvalue weighted by Gasteiger charge is 2.32. The highest BCUT2D eigenvalue weighted by atomic mass is 16.2. The van der Waals surface area contributed by atoms with Crippen LogP contribution in [0.3, 0.4) is 0 Å². The topological polar surface area (TPSA) is 103 Å². The molecule has 8 heteroatoms. The third-order valence-corrected chi connectivity index (χ3v) is 5.56. The molecule has 0 spiro atoms. The molecule has 0 saturated heterocycles. The number of carbonyl (C=O) groups is 1. The lowest BCUT2D eigenvalue weighted by Crippen LogP contribution is -2.44. The highest BCUT2D eigenvalue weighted by molar-refractivity contribution is 6.01. The van der Waals surface area contributed by atoms with Crippen molar-refractivity contribution in [2.45, 2.75) is 32.0 Å². The predicted octanol–water partition coefficient (Wildman–Crippen LogP) is 1.42. The number of nitrogens with two attached hydrogens (primary N) is 1. The Labute approximate surface area is 179 Å². The number of ketones is 1. The lowest BCUT2D eigenvalue weighted by atomic mass is 10.1. The first-order valence-corrected chi connectivity index (χ1v) is 10.2. The van der Waals surface area contributed by atoms with E-state index in [4.69, 9.17) is 5.73 Å². The molecule has 2 N–H and O–H groups in total. The van der Waals surface area contributed by atoms with Gasteiger partial charge in [0.05, 0.1) is 13.1 Å².